The van der Waals surface area contributed by atoms with E-state index in [0.29, 0.717) is 18.6 Å². The van der Waals surface area contributed by atoms with Crippen LogP contribution in [-0.2, 0) is 14.3 Å². The Bertz CT molecular complexity index is 411. The predicted octanol–water partition coefficient (Wildman–Crippen LogP) is 1.94. The summed E-state index contributed by atoms with van der Waals surface area (Å²) in [7, 11) is 1.30. The second kappa shape index (κ2) is 5.71. The summed E-state index contributed by atoms with van der Waals surface area (Å²) >= 11 is 0. The number of alkyl carbamates (subject to hydrolysis) is 1. The number of ether oxygens (including phenoxy) is 2. The minimum absolute atomic E-state index is 0.333. The fourth-order valence-electron chi connectivity index (χ4n) is 2.02. The van der Waals surface area contributed by atoms with Gasteiger partial charge in [-0.3, -0.25) is 0 Å². The molecule has 0 fully saturated rings. The Balaban J connectivity index is 2.92. The number of amides is 1. The zero-order valence-electron chi connectivity index (χ0n) is 11.2. The minimum atomic E-state index is -0.725. The Morgan fingerprint density at radius 1 is 1.44 bits per heavy atom. The molecule has 1 amide bonds. The third kappa shape index (κ3) is 3.61. The van der Waals surface area contributed by atoms with Crippen molar-refractivity contribution in [3.8, 4) is 0 Å². The Kier molecular flexibility index (Phi) is 4.53. The van der Waals surface area contributed by atoms with Crippen LogP contribution in [0.15, 0.2) is 23.3 Å². The largest absolute Gasteiger partial charge is 0.463 e. The van der Waals surface area contributed by atoms with Crippen LogP contribution in [0, 0.1) is 0 Å². The fourth-order valence-corrected chi connectivity index (χ4v) is 2.02. The molecule has 1 aliphatic carbocycles. The SMILES string of the molecule is CCOC(=O)C1=CC(C)(NC(=O)OC)C=C(C)C1. The lowest BCUT2D eigenvalue weighted by Gasteiger charge is -2.28. The van der Waals surface area contributed by atoms with Crippen molar-refractivity contribution in [3.63, 3.8) is 0 Å². The summed E-state index contributed by atoms with van der Waals surface area (Å²) in [6.45, 7) is 5.80. The number of hydrogen-bond acceptors (Lipinski definition) is 4. The first-order valence-electron chi connectivity index (χ1n) is 5.83. The minimum Gasteiger partial charge on any atom is -0.463 e. The molecule has 0 aliphatic heterocycles. The lowest BCUT2D eigenvalue weighted by molar-refractivity contribution is -0.138. The number of carbonyl (C=O) groups is 2. The average Bonchev–Trinajstić information content (AvgIpc) is 2.27. The van der Waals surface area contributed by atoms with Crippen molar-refractivity contribution in [1.82, 2.24) is 5.32 Å². The van der Waals surface area contributed by atoms with Gasteiger partial charge in [-0.2, -0.15) is 0 Å². The monoisotopic (exact) mass is 253 g/mol. The predicted molar refractivity (Wildman–Crippen MR) is 67.0 cm³/mol. The van der Waals surface area contributed by atoms with Crippen molar-refractivity contribution < 1.29 is 19.1 Å². The molecule has 1 rings (SSSR count). The van der Waals surface area contributed by atoms with Gasteiger partial charge in [0.05, 0.1) is 19.3 Å². The zero-order valence-corrected chi connectivity index (χ0v) is 11.2. The first kappa shape index (κ1) is 14.3. The molecule has 100 valence electrons. The van der Waals surface area contributed by atoms with Crippen molar-refractivity contribution in [2.45, 2.75) is 32.7 Å². The van der Waals surface area contributed by atoms with Gasteiger partial charge >= 0.3 is 12.1 Å². The van der Waals surface area contributed by atoms with Crippen molar-refractivity contribution in [1.29, 1.82) is 0 Å². The van der Waals surface area contributed by atoms with Crippen molar-refractivity contribution in [3.05, 3.63) is 23.3 Å². The van der Waals surface area contributed by atoms with Gasteiger partial charge in [0.15, 0.2) is 0 Å². The number of allylic oxidation sites excluding steroid dienone is 1. The van der Waals surface area contributed by atoms with E-state index in [1.54, 1.807) is 19.9 Å². The van der Waals surface area contributed by atoms with Crippen molar-refractivity contribution in [2.24, 2.45) is 0 Å². The van der Waals surface area contributed by atoms with Gasteiger partial charge < -0.3 is 14.8 Å². The lowest BCUT2D eigenvalue weighted by atomic mass is 9.87. The van der Waals surface area contributed by atoms with Crippen LogP contribution in [0.4, 0.5) is 4.79 Å². The molecule has 1 N–H and O–H groups in total. The van der Waals surface area contributed by atoms with Crippen LogP contribution in [0.5, 0.6) is 0 Å². The quantitative estimate of drug-likeness (QED) is 0.616. The van der Waals surface area contributed by atoms with Crippen LogP contribution in [0.3, 0.4) is 0 Å². The number of hydrogen-bond donors (Lipinski definition) is 1. The normalized spacial score (nSPS) is 22.7. The van der Waals surface area contributed by atoms with Crippen LogP contribution >= 0.6 is 0 Å². The molecule has 1 aliphatic rings. The standard InChI is InChI=1S/C13H19NO4/c1-5-18-11(15)10-6-9(2)7-13(3,8-10)14-12(16)17-4/h7-8H,5-6H2,1-4H3,(H,14,16). The Hall–Kier alpha value is -1.78. The maximum Gasteiger partial charge on any atom is 0.407 e. The van der Waals surface area contributed by atoms with E-state index in [-0.39, 0.29) is 5.97 Å². The van der Waals surface area contributed by atoms with E-state index in [1.807, 2.05) is 13.0 Å². The molecule has 0 radical (unpaired) electrons. The van der Waals surface area contributed by atoms with Gasteiger partial charge in [-0.25, -0.2) is 9.59 Å². The molecule has 0 aromatic rings. The maximum atomic E-state index is 11.7. The molecule has 0 bridgehead atoms. The van der Waals surface area contributed by atoms with E-state index in [0.717, 1.165) is 5.57 Å². The average molecular weight is 253 g/mol. The first-order chi connectivity index (χ1) is 8.40. The summed E-state index contributed by atoms with van der Waals surface area (Å²) in [6, 6.07) is 0. The summed E-state index contributed by atoms with van der Waals surface area (Å²) in [6.07, 6.45) is 3.60. The van der Waals surface area contributed by atoms with Gasteiger partial charge in [-0.1, -0.05) is 11.6 Å². The van der Waals surface area contributed by atoms with Gasteiger partial charge in [0.2, 0.25) is 0 Å². The molecule has 1 atom stereocenters. The summed E-state index contributed by atoms with van der Waals surface area (Å²) in [5.74, 6) is -0.345. The van der Waals surface area contributed by atoms with Gasteiger partial charge in [0.1, 0.15) is 0 Å². The van der Waals surface area contributed by atoms with Gasteiger partial charge in [0, 0.05) is 12.0 Å². The summed E-state index contributed by atoms with van der Waals surface area (Å²) in [4.78, 5) is 23.0. The molecule has 0 aromatic carbocycles. The molecular formula is C13H19NO4. The summed E-state index contributed by atoms with van der Waals surface area (Å²) < 4.78 is 9.55. The third-order valence-electron chi connectivity index (χ3n) is 2.58. The van der Waals surface area contributed by atoms with Gasteiger partial charge in [0.25, 0.3) is 0 Å². The van der Waals surface area contributed by atoms with E-state index in [9.17, 15) is 9.59 Å². The molecule has 5 heteroatoms. The second-order valence-corrected chi connectivity index (χ2v) is 4.46. The lowest BCUT2D eigenvalue weighted by Crippen LogP contribution is -2.44. The molecule has 0 aromatic heterocycles. The van der Waals surface area contributed by atoms with Crippen molar-refractivity contribution in [2.75, 3.05) is 13.7 Å². The summed E-state index contributed by atoms with van der Waals surface area (Å²) in [5, 5.41) is 2.68. The Morgan fingerprint density at radius 3 is 2.67 bits per heavy atom. The smallest absolute Gasteiger partial charge is 0.407 e. The van der Waals surface area contributed by atoms with E-state index < -0.39 is 11.6 Å². The van der Waals surface area contributed by atoms with Crippen molar-refractivity contribution >= 4 is 12.1 Å². The first-order valence-corrected chi connectivity index (χ1v) is 5.83. The van der Waals surface area contributed by atoms with E-state index >= 15 is 0 Å². The molecule has 0 saturated heterocycles. The number of carbonyl (C=O) groups excluding carboxylic acids is 2. The zero-order chi connectivity index (χ0) is 13.8. The van der Waals surface area contributed by atoms with Crippen LogP contribution in [0.1, 0.15) is 27.2 Å². The number of rotatable bonds is 3. The highest BCUT2D eigenvalue weighted by Gasteiger charge is 2.28. The highest BCUT2D eigenvalue weighted by molar-refractivity contribution is 5.90. The van der Waals surface area contributed by atoms with E-state index in [2.05, 4.69) is 10.1 Å². The number of methoxy groups -OCH3 is 1. The van der Waals surface area contributed by atoms with Crippen LogP contribution < -0.4 is 5.32 Å². The Morgan fingerprint density at radius 2 is 2.11 bits per heavy atom. The molecule has 0 spiro atoms. The number of nitrogens with one attached hydrogen (secondary N) is 1. The molecule has 18 heavy (non-hydrogen) atoms. The van der Waals surface area contributed by atoms with Gasteiger partial charge in [-0.05, 0) is 26.8 Å². The molecular weight excluding hydrogens is 234 g/mol. The van der Waals surface area contributed by atoms with E-state index in [1.165, 1.54) is 7.11 Å². The van der Waals surface area contributed by atoms with Gasteiger partial charge in [-0.15, -0.1) is 0 Å². The highest BCUT2D eigenvalue weighted by Crippen LogP contribution is 2.26. The van der Waals surface area contributed by atoms with E-state index in [4.69, 9.17) is 4.74 Å². The highest BCUT2D eigenvalue weighted by atomic mass is 16.5. The second-order valence-electron chi connectivity index (χ2n) is 4.46. The molecule has 5 nitrogen and oxygen atoms in total. The Labute approximate surface area is 107 Å². The molecule has 0 saturated carbocycles. The number of esters is 1. The summed E-state index contributed by atoms with van der Waals surface area (Å²) in [5.41, 5.74) is 0.826. The molecule has 0 heterocycles. The third-order valence-corrected chi connectivity index (χ3v) is 2.58. The topological polar surface area (TPSA) is 64.6 Å². The van der Waals surface area contributed by atoms with Crippen LogP contribution in [0.25, 0.3) is 0 Å². The maximum absolute atomic E-state index is 11.7. The molecule has 1 unspecified atom stereocenters. The van der Waals surface area contributed by atoms with Crippen LogP contribution in [-0.4, -0.2) is 31.3 Å². The fraction of sp³-hybridized carbons (Fsp3) is 0.538. The van der Waals surface area contributed by atoms with Crippen LogP contribution in [0.2, 0.25) is 0 Å².